The molecule has 1 heterocycles. The highest BCUT2D eigenvalue weighted by atomic mass is 19.4. The smallest absolute Gasteiger partial charge is 0.389 e. The van der Waals surface area contributed by atoms with Crippen molar-refractivity contribution in [2.45, 2.75) is 31.9 Å². The minimum absolute atomic E-state index is 0.239. The average Bonchev–Trinajstić information content (AvgIpc) is 2.27. The van der Waals surface area contributed by atoms with Gasteiger partial charge < -0.3 is 4.74 Å². The number of alkyl halides is 3. The van der Waals surface area contributed by atoms with Gasteiger partial charge in [-0.15, -0.1) is 0 Å². The predicted octanol–water partition coefficient (Wildman–Crippen LogP) is 2.78. The fourth-order valence-corrected chi connectivity index (χ4v) is 1.60. The minimum atomic E-state index is -4.07. The first-order valence-corrected chi connectivity index (χ1v) is 4.65. The highest BCUT2D eigenvalue weighted by Gasteiger charge is 2.32. The molecule has 0 radical (unpaired) electrons. The number of hydrogen-bond donors (Lipinski definition) is 0. The van der Waals surface area contributed by atoms with Gasteiger partial charge in [-0.05, 0) is 18.8 Å². The maximum atomic E-state index is 12.1. The van der Waals surface area contributed by atoms with E-state index in [0.717, 1.165) is 6.42 Å². The van der Waals surface area contributed by atoms with Crippen molar-refractivity contribution in [1.29, 1.82) is 0 Å². The fourth-order valence-electron chi connectivity index (χ4n) is 1.60. The molecule has 0 fully saturated rings. The molecule has 0 amide bonds. The van der Waals surface area contributed by atoms with Gasteiger partial charge in [0.1, 0.15) is 0 Å². The van der Waals surface area contributed by atoms with E-state index in [-0.39, 0.29) is 12.5 Å². The summed E-state index contributed by atoms with van der Waals surface area (Å²) in [5.41, 5.74) is 0. The maximum absolute atomic E-state index is 12.1. The van der Waals surface area contributed by atoms with Gasteiger partial charge in [-0.3, -0.25) is 4.99 Å². The Morgan fingerprint density at radius 2 is 2.21 bits per heavy atom. The Morgan fingerprint density at radius 1 is 1.50 bits per heavy atom. The third-order valence-corrected chi connectivity index (χ3v) is 2.28. The first-order valence-electron chi connectivity index (χ1n) is 4.65. The largest absolute Gasteiger partial charge is 0.484 e. The zero-order valence-corrected chi connectivity index (χ0v) is 8.10. The Kier molecular flexibility index (Phi) is 3.77. The van der Waals surface area contributed by atoms with E-state index in [0.29, 0.717) is 18.7 Å². The first-order chi connectivity index (χ1) is 6.51. The lowest BCUT2D eigenvalue weighted by Gasteiger charge is -2.14. The van der Waals surface area contributed by atoms with Gasteiger partial charge in [0, 0.05) is 19.4 Å². The molecule has 14 heavy (non-hydrogen) atoms. The molecule has 0 aromatic heterocycles. The molecule has 1 rings (SSSR count). The van der Waals surface area contributed by atoms with Crippen molar-refractivity contribution in [1.82, 2.24) is 0 Å². The molecule has 0 spiro atoms. The van der Waals surface area contributed by atoms with Crippen LogP contribution in [-0.2, 0) is 4.74 Å². The van der Waals surface area contributed by atoms with Crippen LogP contribution in [0, 0.1) is 5.92 Å². The van der Waals surface area contributed by atoms with E-state index in [1.165, 1.54) is 7.11 Å². The second-order valence-corrected chi connectivity index (χ2v) is 3.52. The van der Waals surface area contributed by atoms with E-state index in [4.69, 9.17) is 4.74 Å². The molecule has 0 saturated heterocycles. The van der Waals surface area contributed by atoms with Crippen LogP contribution in [0.25, 0.3) is 0 Å². The molecule has 0 aromatic rings. The zero-order chi connectivity index (χ0) is 10.6. The van der Waals surface area contributed by atoms with E-state index in [1.807, 2.05) is 0 Å². The van der Waals surface area contributed by atoms with E-state index < -0.39 is 12.6 Å². The molecule has 1 unspecified atom stereocenters. The normalized spacial score (nSPS) is 24.0. The Balaban J connectivity index is 2.45. The van der Waals surface area contributed by atoms with E-state index in [2.05, 4.69) is 4.99 Å². The van der Waals surface area contributed by atoms with Gasteiger partial charge in [0.2, 0.25) is 0 Å². The number of rotatable bonds is 1. The molecule has 82 valence electrons. The summed E-state index contributed by atoms with van der Waals surface area (Å²) in [4.78, 5) is 4.00. The molecule has 0 bridgehead atoms. The van der Waals surface area contributed by atoms with Crippen LogP contribution in [0.5, 0.6) is 0 Å². The standard InChI is InChI=1S/C9H14F3NO/c1-14-8-4-2-3-7(6-13-8)5-9(10,11)12/h7H,2-6H2,1H3. The summed E-state index contributed by atoms with van der Waals surface area (Å²) < 4.78 is 41.1. The van der Waals surface area contributed by atoms with Crippen LogP contribution in [-0.4, -0.2) is 25.7 Å². The van der Waals surface area contributed by atoms with Crippen LogP contribution in [0.1, 0.15) is 25.7 Å². The summed E-state index contributed by atoms with van der Waals surface area (Å²) in [7, 11) is 1.50. The Labute approximate surface area is 81.2 Å². The van der Waals surface area contributed by atoms with Crippen LogP contribution < -0.4 is 0 Å². The fraction of sp³-hybridized carbons (Fsp3) is 0.889. The highest BCUT2D eigenvalue weighted by molar-refractivity contribution is 5.76. The van der Waals surface area contributed by atoms with Gasteiger partial charge >= 0.3 is 6.18 Å². The molecule has 0 N–H and O–H groups in total. The molecule has 0 aliphatic carbocycles. The Hall–Kier alpha value is -0.740. The van der Waals surface area contributed by atoms with Gasteiger partial charge in [0.15, 0.2) is 5.90 Å². The summed E-state index contributed by atoms with van der Waals surface area (Å²) in [5.74, 6) is 0.206. The summed E-state index contributed by atoms with van der Waals surface area (Å²) in [6.07, 6.45) is -2.83. The number of methoxy groups -OCH3 is 1. The molecule has 1 aliphatic rings. The van der Waals surface area contributed by atoms with Gasteiger partial charge in [-0.25, -0.2) is 0 Å². The monoisotopic (exact) mass is 209 g/mol. The zero-order valence-electron chi connectivity index (χ0n) is 8.10. The lowest BCUT2D eigenvalue weighted by atomic mass is 9.99. The highest BCUT2D eigenvalue weighted by Crippen LogP contribution is 2.29. The number of ether oxygens (including phenoxy) is 1. The second-order valence-electron chi connectivity index (χ2n) is 3.52. The second kappa shape index (κ2) is 4.66. The molecule has 0 aromatic carbocycles. The lowest BCUT2D eigenvalue weighted by Crippen LogP contribution is -2.16. The van der Waals surface area contributed by atoms with Crippen molar-refractivity contribution < 1.29 is 17.9 Å². The van der Waals surface area contributed by atoms with Gasteiger partial charge in [-0.2, -0.15) is 13.2 Å². The van der Waals surface area contributed by atoms with Crippen LogP contribution >= 0.6 is 0 Å². The molecule has 5 heteroatoms. The quantitative estimate of drug-likeness (QED) is 0.650. The third-order valence-electron chi connectivity index (χ3n) is 2.28. The molecular formula is C9H14F3NO. The van der Waals surface area contributed by atoms with Crippen LogP contribution in [0.4, 0.5) is 13.2 Å². The Bertz CT molecular complexity index is 213. The lowest BCUT2D eigenvalue weighted by molar-refractivity contribution is -0.144. The van der Waals surface area contributed by atoms with Crippen molar-refractivity contribution in [2.75, 3.05) is 13.7 Å². The SMILES string of the molecule is COC1=NCC(CC(F)(F)F)CCC1. The van der Waals surface area contributed by atoms with E-state index in [9.17, 15) is 13.2 Å². The summed E-state index contributed by atoms with van der Waals surface area (Å²) in [6.45, 7) is 0.239. The minimum Gasteiger partial charge on any atom is -0.484 e. The first kappa shape index (κ1) is 11.3. The van der Waals surface area contributed by atoms with E-state index >= 15 is 0 Å². The van der Waals surface area contributed by atoms with E-state index in [1.54, 1.807) is 0 Å². The van der Waals surface area contributed by atoms with Crippen molar-refractivity contribution in [3.8, 4) is 0 Å². The topological polar surface area (TPSA) is 21.6 Å². The molecule has 1 atom stereocenters. The molecule has 1 aliphatic heterocycles. The van der Waals surface area contributed by atoms with Crippen LogP contribution in [0.3, 0.4) is 0 Å². The summed E-state index contributed by atoms with van der Waals surface area (Å²) in [6, 6.07) is 0. The van der Waals surface area contributed by atoms with Crippen molar-refractivity contribution in [3.63, 3.8) is 0 Å². The number of aliphatic imine (C=N–C) groups is 1. The molecule has 0 saturated carbocycles. The molecular weight excluding hydrogens is 195 g/mol. The van der Waals surface area contributed by atoms with Gasteiger partial charge in [0.25, 0.3) is 0 Å². The van der Waals surface area contributed by atoms with Crippen molar-refractivity contribution in [3.05, 3.63) is 0 Å². The number of hydrogen-bond acceptors (Lipinski definition) is 2. The average molecular weight is 209 g/mol. The summed E-state index contributed by atoms with van der Waals surface area (Å²) >= 11 is 0. The number of halogens is 3. The van der Waals surface area contributed by atoms with Crippen LogP contribution in [0.15, 0.2) is 4.99 Å². The Morgan fingerprint density at radius 3 is 2.79 bits per heavy atom. The van der Waals surface area contributed by atoms with Gasteiger partial charge in [-0.1, -0.05) is 0 Å². The van der Waals surface area contributed by atoms with Crippen molar-refractivity contribution >= 4 is 5.90 Å². The number of nitrogens with zero attached hydrogens (tertiary/aromatic N) is 1. The summed E-state index contributed by atoms with van der Waals surface area (Å²) in [5, 5.41) is 0. The van der Waals surface area contributed by atoms with Crippen LogP contribution in [0.2, 0.25) is 0 Å². The predicted molar refractivity (Wildman–Crippen MR) is 47.3 cm³/mol. The maximum Gasteiger partial charge on any atom is 0.389 e. The van der Waals surface area contributed by atoms with Gasteiger partial charge in [0.05, 0.1) is 7.11 Å². The third kappa shape index (κ3) is 3.98. The van der Waals surface area contributed by atoms with Crippen molar-refractivity contribution in [2.24, 2.45) is 10.9 Å². The molecule has 2 nitrogen and oxygen atoms in total.